The summed E-state index contributed by atoms with van der Waals surface area (Å²) in [4.78, 5) is 26.9. The van der Waals surface area contributed by atoms with Crippen LogP contribution in [0, 0.1) is 5.82 Å². The van der Waals surface area contributed by atoms with Crippen LogP contribution in [0.25, 0.3) is 33.2 Å². The monoisotopic (exact) mass is 504 g/mol. The van der Waals surface area contributed by atoms with Crippen LogP contribution in [-0.4, -0.2) is 38.9 Å². The molecule has 0 N–H and O–H groups in total. The van der Waals surface area contributed by atoms with Gasteiger partial charge in [-0.3, -0.25) is 19.7 Å². The van der Waals surface area contributed by atoms with Gasteiger partial charge in [-0.15, -0.1) is 0 Å². The van der Waals surface area contributed by atoms with Crippen LogP contribution in [0.5, 0.6) is 5.75 Å². The van der Waals surface area contributed by atoms with E-state index < -0.39 is 12.4 Å². The van der Waals surface area contributed by atoms with Crippen molar-refractivity contribution in [2.24, 2.45) is 0 Å². The molecule has 6 rings (SSSR count). The van der Waals surface area contributed by atoms with Crippen molar-refractivity contribution in [2.75, 3.05) is 6.54 Å². The molecule has 0 saturated carbocycles. The highest BCUT2D eigenvalue weighted by molar-refractivity contribution is 6.08. The van der Waals surface area contributed by atoms with Gasteiger partial charge < -0.3 is 14.1 Å². The third-order valence-corrected chi connectivity index (χ3v) is 6.56. The number of halogens is 3. The van der Waals surface area contributed by atoms with Crippen molar-refractivity contribution in [2.45, 2.75) is 25.5 Å². The van der Waals surface area contributed by atoms with Crippen molar-refractivity contribution in [1.29, 1.82) is 0 Å². The summed E-state index contributed by atoms with van der Waals surface area (Å²) in [6, 6.07) is 9.52. The van der Waals surface area contributed by atoms with Gasteiger partial charge >= 0.3 is 6.61 Å². The number of likely N-dealkylation sites (tertiary alicyclic amines) is 1. The molecule has 7 nitrogen and oxygen atoms in total. The molecule has 5 aromatic rings. The van der Waals surface area contributed by atoms with E-state index >= 15 is 0 Å². The smallest absolute Gasteiger partial charge is 0.387 e. The van der Waals surface area contributed by atoms with Crippen molar-refractivity contribution < 1.29 is 27.1 Å². The van der Waals surface area contributed by atoms with Crippen LogP contribution < -0.4 is 4.74 Å². The van der Waals surface area contributed by atoms with Crippen LogP contribution in [0.4, 0.5) is 13.2 Å². The van der Waals surface area contributed by atoms with Crippen LogP contribution in [0.1, 0.15) is 23.5 Å². The minimum Gasteiger partial charge on any atom is -0.452 e. The van der Waals surface area contributed by atoms with Crippen molar-refractivity contribution in [3.05, 3.63) is 84.3 Å². The number of furan rings is 1. The van der Waals surface area contributed by atoms with Gasteiger partial charge in [-0.2, -0.15) is 8.78 Å². The normalized spacial score (nSPS) is 15.8. The molecular weight excluding hydrogens is 485 g/mol. The number of fused-ring (bicyclic) bond motifs is 3. The second-order valence-electron chi connectivity index (χ2n) is 8.78. The molecule has 1 unspecified atom stereocenters. The maximum absolute atomic E-state index is 14.9. The first kappa shape index (κ1) is 23.0. The number of aromatic nitrogens is 3. The molecule has 4 heterocycles. The first-order valence-corrected chi connectivity index (χ1v) is 11.5. The maximum Gasteiger partial charge on any atom is 0.387 e. The lowest BCUT2D eigenvalue weighted by Crippen LogP contribution is -2.25. The molecule has 0 bridgehead atoms. The third kappa shape index (κ3) is 4.24. The number of benzene rings is 2. The Morgan fingerprint density at radius 2 is 1.95 bits per heavy atom. The highest BCUT2D eigenvalue weighted by Gasteiger charge is 2.33. The molecule has 1 saturated heterocycles. The van der Waals surface area contributed by atoms with Gasteiger partial charge in [0.25, 0.3) is 0 Å². The summed E-state index contributed by atoms with van der Waals surface area (Å²) in [6.07, 6.45) is 7.96. The van der Waals surface area contributed by atoms with E-state index in [2.05, 4.69) is 19.7 Å². The summed E-state index contributed by atoms with van der Waals surface area (Å²) in [5.41, 5.74) is 2.94. The van der Waals surface area contributed by atoms with E-state index in [0.717, 1.165) is 5.56 Å². The van der Waals surface area contributed by atoms with Crippen LogP contribution >= 0.6 is 0 Å². The fraction of sp³-hybridized carbons (Fsp3) is 0.185. The summed E-state index contributed by atoms with van der Waals surface area (Å²) in [7, 11) is 0. The number of amides is 1. The average Bonchev–Trinajstić information content (AvgIpc) is 3.47. The predicted molar refractivity (Wildman–Crippen MR) is 128 cm³/mol. The molecule has 186 valence electrons. The first-order valence-electron chi connectivity index (χ1n) is 11.5. The Kier molecular flexibility index (Phi) is 5.71. The van der Waals surface area contributed by atoms with E-state index in [1.54, 1.807) is 54.0 Å². The number of alkyl halides is 2. The van der Waals surface area contributed by atoms with E-state index in [0.29, 0.717) is 39.7 Å². The Morgan fingerprint density at radius 1 is 1.08 bits per heavy atom. The number of rotatable bonds is 6. The van der Waals surface area contributed by atoms with E-state index in [1.807, 2.05) is 0 Å². The molecule has 1 amide bonds. The topological polar surface area (TPSA) is 81.4 Å². The molecule has 2 aromatic carbocycles. The van der Waals surface area contributed by atoms with E-state index in [9.17, 15) is 18.0 Å². The quantitative estimate of drug-likeness (QED) is 0.295. The largest absolute Gasteiger partial charge is 0.452 e. The summed E-state index contributed by atoms with van der Waals surface area (Å²) in [6.45, 7) is -2.58. The van der Waals surface area contributed by atoms with E-state index in [1.165, 1.54) is 18.3 Å². The molecule has 0 spiro atoms. The SMILES string of the molecule is O=C1CC(c2ccc(OC(F)F)c3oc4ccncc4c23)CN1Cc1ccc(-c2cnccn2)cc1F. The zero-order valence-corrected chi connectivity index (χ0v) is 19.3. The lowest BCUT2D eigenvalue weighted by atomic mass is 9.93. The van der Waals surface area contributed by atoms with Gasteiger partial charge in [0.05, 0.1) is 11.9 Å². The van der Waals surface area contributed by atoms with Gasteiger partial charge in [0.1, 0.15) is 11.4 Å². The minimum atomic E-state index is -3.01. The predicted octanol–water partition coefficient (Wildman–Crippen LogP) is 5.69. The summed E-state index contributed by atoms with van der Waals surface area (Å²) >= 11 is 0. The second-order valence-corrected chi connectivity index (χ2v) is 8.78. The zero-order chi connectivity index (χ0) is 25.5. The van der Waals surface area contributed by atoms with Gasteiger partial charge in [0, 0.05) is 72.1 Å². The van der Waals surface area contributed by atoms with Gasteiger partial charge in [-0.05, 0) is 23.8 Å². The third-order valence-electron chi connectivity index (χ3n) is 6.56. The van der Waals surface area contributed by atoms with Crippen LogP contribution in [0.2, 0.25) is 0 Å². The Labute approximate surface area is 208 Å². The maximum atomic E-state index is 14.9. The number of carbonyl (C=O) groups excluding carboxylic acids is 1. The number of pyridine rings is 1. The lowest BCUT2D eigenvalue weighted by molar-refractivity contribution is -0.128. The summed E-state index contributed by atoms with van der Waals surface area (Å²) in [5.74, 6) is -0.911. The van der Waals surface area contributed by atoms with Crippen molar-refractivity contribution >= 4 is 27.8 Å². The van der Waals surface area contributed by atoms with Crippen LogP contribution in [-0.2, 0) is 11.3 Å². The van der Waals surface area contributed by atoms with Crippen molar-refractivity contribution in [1.82, 2.24) is 19.9 Å². The molecular formula is C27H19F3N4O3. The Bertz CT molecular complexity index is 1620. The molecule has 0 aliphatic carbocycles. The minimum absolute atomic E-state index is 0.0867. The fourth-order valence-electron chi connectivity index (χ4n) is 4.88. The number of nitrogens with zero attached hydrogens (tertiary/aromatic N) is 4. The average molecular weight is 504 g/mol. The second kappa shape index (κ2) is 9.20. The highest BCUT2D eigenvalue weighted by atomic mass is 19.3. The number of carbonyl (C=O) groups is 1. The standard InChI is InChI=1S/C27H19F3N4O3/c28-20-9-15(21-12-32-7-8-33-21)1-2-16(20)13-34-14-17(10-24(34)35)18-3-4-23(37-27(29)30)26-25(18)19-11-31-6-5-22(19)36-26/h1-9,11-12,17,27H,10,13-14H2. The molecule has 1 aliphatic heterocycles. The molecule has 3 aromatic heterocycles. The van der Waals surface area contributed by atoms with Gasteiger partial charge in [-0.1, -0.05) is 18.2 Å². The molecule has 37 heavy (non-hydrogen) atoms. The highest BCUT2D eigenvalue weighted by Crippen LogP contribution is 2.42. The number of ether oxygens (including phenoxy) is 1. The number of hydrogen-bond acceptors (Lipinski definition) is 6. The Hall–Kier alpha value is -4.47. The first-order chi connectivity index (χ1) is 18.0. The van der Waals surface area contributed by atoms with Gasteiger partial charge in [0.15, 0.2) is 11.3 Å². The van der Waals surface area contributed by atoms with E-state index in [4.69, 9.17) is 4.42 Å². The van der Waals surface area contributed by atoms with Gasteiger partial charge in [-0.25, -0.2) is 4.39 Å². The number of hydrogen-bond donors (Lipinski definition) is 0. The molecule has 1 fully saturated rings. The van der Waals surface area contributed by atoms with Crippen molar-refractivity contribution in [3.63, 3.8) is 0 Å². The molecule has 1 atom stereocenters. The summed E-state index contributed by atoms with van der Waals surface area (Å²) < 4.78 is 51.5. The van der Waals surface area contributed by atoms with Crippen LogP contribution in [0.3, 0.4) is 0 Å². The van der Waals surface area contributed by atoms with E-state index in [-0.39, 0.29) is 36.1 Å². The molecule has 10 heteroatoms. The zero-order valence-electron chi connectivity index (χ0n) is 19.3. The molecule has 1 aliphatic rings. The van der Waals surface area contributed by atoms with Gasteiger partial charge in [0.2, 0.25) is 5.91 Å². The van der Waals surface area contributed by atoms with Crippen LogP contribution in [0.15, 0.2) is 71.8 Å². The lowest BCUT2D eigenvalue weighted by Gasteiger charge is -2.18. The Morgan fingerprint density at radius 3 is 2.73 bits per heavy atom. The summed E-state index contributed by atoms with van der Waals surface area (Å²) in [5, 5.41) is 1.23. The Balaban J connectivity index is 1.30. The fourth-order valence-corrected chi connectivity index (χ4v) is 4.88. The van der Waals surface area contributed by atoms with Crippen molar-refractivity contribution in [3.8, 4) is 17.0 Å². The molecule has 0 radical (unpaired) electrons.